The van der Waals surface area contributed by atoms with Gasteiger partial charge in [-0.2, -0.15) is 0 Å². The predicted molar refractivity (Wildman–Crippen MR) is 374 cm³/mol. The molecule has 4 aliphatic rings. The van der Waals surface area contributed by atoms with Crippen LogP contribution >= 0.6 is 34.9 Å². The molecule has 406 valence electrons. The van der Waals surface area contributed by atoms with Crippen LogP contribution in [0.3, 0.4) is 0 Å². The number of benzene rings is 13. The highest BCUT2D eigenvalue weighted by molar-refractivity contribution is 8.01. The van der Waals surface area contributed by atoms with Gasteiger partial charge in [0.05, 0.1) is 0 Å². The largest absolute Gasteiger partial charge is 0.311 e. The molecule has 0 saturated heterocycles. The molecule has 0 unspecified atom stereocenters. The average Bonchev–Trinajstić information content (AvgIpc) is 1.00. The van der Waals surface area contributed by atoms with Gasteiger partial charge in [0.1, 0.15) is 0 Å². The Morgan fingerprint density at radius 3 is 1.14 bits per heavy atom. The van der Waals surface area contributed by atoms with Crippen LogP contribution in [0.15, 0.2) is 323 Å². The fraction of sp³-hybridized carbons (Fsp3) is 0. The van der Waals surface area contributed by atoms with Crippen LogP contribution in [0.25, 0.3) is 31.3 Å². The van der Waals surface area contributed by atoms with E-state index in [1.54, 1.807) is 0 Å². The zero-order valence-electron chi connectivity index (χ0n) is 47.0. The molecule has 4 aliphatic heterocycles. The molecule has 0 saturated carbocycles. The summed E-state index contributed by atoms with van der Waals surface area (Å²) in [5.74, 6) is 0. The highest BCUT2D eigenvalue weighted by Gasteiger charge is 2.47. The number of hydrogen-bond donors (Lipinski definition) is 0. The van der Waals surface area contributed by atoms with E-state index in [9.17, 15) is 0 Å². The van der Waals surface area contributed by atoms with Crippen LogP contribution < -0.4 is 52.4 Å². The third-order valence-electron chi connectivity index (χ3n) is 17.9. The molecule has 87 heavy (non-hydrogen) atoms. The number of thiophene rings is 1. The maximum atomic E-state index is 2.67. The van der Waals surface area contributed by atoms with Gasteiger partial charge < -0.3 is 19.6 Å². The summed E-state index contributed by atoms with van der Waals surface area (Å²) in [6.07, 6.45) is 0. The maximum absolute atomic E-state index is 2.67. The van der Waals surface area contributed by atoms with Crippen molar-refractivity contribution in [3.8, 4) is 11.1 Å². The first-order valence-corrected chi connectivity index (χ1v) is 32.2. The number of anilines is 12. The monoisotopic (exact) mass is 1160 g/mol. The topological polar surface area (TPSA) is 13.0 Å². The second kappa shape index (κ2) is 20.4. The van der Waals surface area contributed by atoms with Crippen LogP contribution in [-0.4, -0.2) is 13.4 Å². The van der Waals surface area contributed by atoms with E-state index < -0.39 is 0 Å². The highest BCUT2D eigenvalue weighted by atomic mass is 32.2. The van der Waals surface area contributed by atoms with E-state index in [0.717, 1.165) is 45.5 Å². The standard InChI is InChI=1S/C78H50B2N4S3/c1-7-25-52(26-8-1)81(53-27-9-2-10-28-53)58-46-68-75-72(48-58)86-77-64(79(75)62-38-20-22-40-66(62)83(68)56-33-15-5-16-34-56)50-65-78(74(77)51-43-44-61-60-37-19-24-42-70(60)85-71(61)45-51)87-73-49-59(82(54-29-11-3-12-30-54)55-31-13-4-14-32-55)47-69-76(73)80(65)63-39-21-23-41-67(63)84(69)57-35-17-6-18-36-57/h1-50H. The van der Waals surface area contributed by atoms with Gasteiger partial charge in [0, 0.05) is 114 Å². The Bertz CT molecular complexity index is 4690. The molecule has 13 aromatic carbocycles. The van der Waals surface area contributed by atoms with Crippen LogP contribution in [0.2, 0.25) is 0 Å². The first-order chi connectivity index (χ1) is 43.2. The van der Waals surface area contributed by atoms with Crippen molar-refractivity contribution < 1.29 is 0 Å². The molecule has 0 aliphatic carbocycles. The van der Waals surface area contributed by atoms with E-state index in [0.29, 0.717) is 0 Å². The van der Waals surface area contributed by atoms with Gasteiger partial charge >= 0.3 is 0 Å². The zero-order chi connectivity index (χ0) is 57.1. The predicted octanol–water partition coefficient (Wildman–Crippen LogP) is 18.2. The molecule has 0 N–H and O–H groups in total. The van der Waals surface area contributed by atoms with Gasteiger partial charge in [0.15, 0.2) is 0 Å². The summed E-state index contributed by atoms with van der Waals surface area (Å²) in [5, 5.41) is 2.60. The number of para-hydroxylation sites is 8. The molecule has 0 bridgehead atoms. The molecule has 0 atom stereocenters. The van der Waals surface area contributed by atoms with Gasteiger partial charge in [0.25, 0.3) is 0 Å². The molecule has 0 fully saturated rings. The second-order valence-electron chi connectivity index (χ2n) is 22.7. The lowest BCUT2D eigenvalue weighted by molar-refractivity contribution is 1.22. The van der Waals surface area contributed by atoms with E-state index in [2.05, 4.69) is 323 Å². The minimum atomic E-state index is -0.0892. The van der Waals surface area contributed by atoms with Crippen molar-refractivity contribution >= 4 is 169 Å². The number of rotatable bonds is 9. The molecule has 5 heterocycles. The van der Waals surface area contributed by atoms with Crippen LogP contribution in [-0.2, 0) is 0 Å². The number of hydrogen-bond acceptors (Lipinski definition) is 7. The fourth-order valence-corrected chi connectivity index (χ4v) is 18.2. The third kappa shape index (κ3) is 8.03. The lowest BCUT2D eigenvalue weighted by atomic mass is 9.31. The van der Waals surface area contributed by atoms with Crippen molar-refractivity contribution in [3.05, 3.63) is 303 Å². The van der Waals surface area contributed by atoms with Gasteiger partial charge in [-0.3, -0.25) is 0 Å². The Labute approximate surface area is 519 Å². The van der Waals surface area contributed by atoms with Gasteiger partial charge in [0.2, 0.25) is 13.4 Å². The van der Waals surface area contributed by atoms with E-state index in [4.69, 9.17) is 0 Å². The first kappa shape index (κ1) is 50.4. The van der Waals surface area contributed by atoms with Gasteiger partial charge in [-0.25, -0.2) is 0 Å². The van der Waals surface area contributed by atoms with E-state index >= 15 is 0 Å². The fourth-order valence-electron chi connectivity index (χ4n) is 14.3. The normalized spacial score (nSPS) is 13.1. The van der Waals surface area contributed by atoms with Crippen molar-refractivity contribution in [1.29, 1.82) is 0 Å². The van der Waals surface area contributed by atoms with Crippen molar-refractivity contribution in [2.45, 2.75) is 19.6 Å². The zero-order valence-corrected chi connectivity index (χ0v) is 49.5. The third-order valence-corrected chi connectivity index (χ3v) is 21.4. The minimum absolute atomic E-state index is 0.0892. The minimum Gasteiger partial charge on any atom is -0.311 e. The van der Waals surface area contributed by atoms with Crippen LogP contribution in [0.4, 0.5) is 68.2 Å². The molecule has 1 aromatic heterocycles. The molecular formula is C78H50B2N4S3. The first-order valence-electron chi connectivity index (χ1n) is 29.7. The smallest absolute Gasteiger partial charge is 0.249 e. The summed E-state index contributed by atoms with van der Waals surface area (Å²) >= 11 is 5.82. The quantitative estimate of drug-likeness (QED) is 0.133. The van der Waals surface area contributed by atoms with Crippen LogP contribution in [0, 0.1) is 0 Å². The van der Waals surface area contributed by atoms with Gasteiger partial charge in [-0.05, 0) is 149 Å². The molecule has 0 radical (unpaired) electrons. The molecule has 9 heteroatoms. The number of nitrogens with zero attached hydrogens (tertiary/aromatic N) is 4. The Balaban J connectivity index is 0.948. The average molecular weight is 1160 g/mol. The Hall–Kier alpha value is -9.89. The molecular weight excluding hydrogens is 1110 g/mol. The second-order valence-corrected chi connectivity index (χ2v) is 25.9. The van der Waals surface area contributed by atoms with Crippen molar-refractivity contribution in [1.82, 2.24) is 0 Å². The van der Waals surface area contributed by atoms with Crippen LogP contribution in [0.1, 0.15) is 0 Å². The lowest BCUT2D eigenvalue weighted by Crippen LogP contribution is -2.64. The number of fused-ring (bicyclic) bond motifs is 11. The molecule has 14 aromatic rings. The van der Waals surface area contributed by atoms with E-state index in [1.807, 2.05) is 34.9 Å². The van der Waals surface area contributed by atoms with Crippen molar-refractivity contribution in [2.75, 3.05) is 19.6 Å². The SMILES string of the molecule is c1ccc(N(c2ccccc2)c2cc3c4c(c2)N(c2ccccc2)c2ccccc2B4c2cc4c(c(-c5ccc6c(c5)sc5ccccc56)c2S3)Sc2cc(N(c3ccccc3)c3ccccc3)cc3c2B4c2ccccc2N3c2ccccc2)cc1. The van der Waals surface area contributed by atoms with Crippen molar-refractivity contribution in [3.63, 3.8) is 0 Å². The van der Waals surface area contributed by atoms with Gasteiger partial charge in [-0.1, -0.05) is 216 Å². The van der Waals surface area contributed by atoms with Crippen molar-refractivity contribution in [2.24, 2.45) is 0 Å². The summed E-state index contributed by atoms with van der Waals surface area (Å²) in [6.45, 7) is -0.178. The summed E-state index contributed by atoms with van der Waals surface area (Å²) < 4.78 is 2.60. The Morgan fingerprint density at radius 1 is 0.287 bits per heavy atom. The Kier molecular flexibility index (Phi) is 11.8. The van der Waals surface area contributed by atoms with E-state index in [1.165, 1.54) is 106 Å². The van der Waals surface area contributed by atoms with Gasteiger partial charge in [-0.15, -0.1) is 11.3 Å². The molecule has 18 rings (SSSR count). The van der Waals surface area contributed by atoms with Crippen LogP contribution in [0.5, 0.6) is 0 Å². The van der Waals surface area contributed by atoms with E-state index in [-0.39, 0.29) is 13.4 Å². The lowest BCUT2D eigenvalue weighted by Gasteiger charge is -2.44. The molecule has 0 spiro atoms. The summed E-state index contributed by atoms with van der Waals surface area (Å²) in [6, 6.07) is 113. The summed E-state index contributed by atoms with van der Waals surface area (Å²) in [7, 11) is 0. The molecule has 4 nitrogen and oxygen atoms in total. The maximum Gasteiger partial charge on any atom is 0.249 e. The molecule has 0 amide bonds. The summed E-state index contributed by atoms with van der Waals surface area (Å²) in [5.41, 5.74) is 24.1. The Morgan fingerprint density at radius 2 is 0.678 bits per heavy atom. The highest BCUT2D eigenvalue weighted by Crippen LogP contribution is 2.53. The summed E-state index contributed by atoms with van der Waals surface area (Å²) in [4.78, 5) is 15.1.